The summed E-state index contributed by atoms with van der Waals surface area (Å²) >= 11 is 0. The summed E-state index contributed by atoms with van der Waals surface area (Å²) in [6.45, 7) is 4.79. The predicted molar refractivity (Wildman–Crippen MR) is 85.9 cm³/mol. The molecule has 4 heteroatoms. The summed E-state index contributed by atoms with van der Waals surface area (Å²) < 4.78 is 11.8. The van der Waals surface area contributed by atoms with Crippen LogP contribution in [0.4, 0.5) is 0 Å². The maximum atomic E-state index is 9.32. The fourth-order valence-corrected chi connectivity index (χ4v) is 3.28. The van der Waals surface area contributed by atoms with Crippen molar-refractivity contribution < 1.29 is 14.6 Å². The van der Waals surface area contributed by atoms with Crippen LogP contribution in [0.5, 0.6) is 5.75 Å². The first kappa shape index (κ1) is 15.8. The van der Waals surface area contributed by atoms with E-state index in [1.807, 2.05) is 12.1 Å². The number of likely N-dealkylation sites (tertiary alicyclic amines) is 1. The number of aromatic hydroxyl groups is 1. The van der Waals surface area contributed by atoms with Crippen molar-refractivity contribution in [2.45, 2.75) is 50.9 Å². The molecular formula is C18H27NO3. The van der Waals surface area contributed by atoms with Gasteiger partial charge in [0.25, 0.3) is 0 Å². The highest BCUT2D eigenvalue weighted by Gasteiger charge is 2.22. The fraction of sp³-hybridized carbons (Fsp3) is 0.667. The Bertz CT molecular complexity index is 434. The molecule has 3 rings (SSSR count). The van der Waals surface area contributed by atoms with Crippen LogP contribution in [0.15, 0.2) is 24.3 Å². The molecule has 122 valence electrons. The SMILES string of the molecule is Oc1ccc(CN2CCC(OC[C@H]3CCCCO3)CC2)cc1. The molecule has 0 amide bonds. The van der Waals surface area contributed by atoms with E-state index in [1.165, 1.54) is 18.4 Å². The Morgan fingerprint density at radius 2 is 1.86 bits per heavy atom. The van der Waals surface area contributed by atoms with Gasteiger partial charge in [0.1, 0.15) is 5.75 Å². The molecule has 22 heavy (non-hydrogen) atoms. The van der Waals surface area contributed by atoms with Crippen LogP contribution in [0.25, 0.3) is 0 Å². The molecule has 1 N–H and O–H groups in total. The third-order valence-corrected chi connectivity index (χ3v) is 4.67. The molecule has 2 aliphatic rings. The van der Waals surface area contributed by atoms with Crippen molar-refractivity contribution in [3.63, 3.8) is 0 Å². The Hall–Kier alpha value is -1.10. The largest absolute Gasteiger partial charge is 0.508 e. The van der Waals surface area contributed by atoms with Crippen molar-refractivity contribution in [1.82, 2.24) is 4.90 Å². The van der Waals surface area contributed by atoms with E-state index in [4.69, 9.17) is 9.47 Å². The van der Waals surface area contributed by atoms with Gasteiger partial charge in [-0.15, -0.1) is 0 Å². The lowest BCUT2D eigenvalue weighted by molar-refractivity contribution is -0.0753. The van der Waals surface area contributed by atoms with E-state index in [0.717, 1.165) is 52.1 Å². The van der Waals surface area contributed by atoms with Gasteiger partial charge >= 0.3 is 0 Å². The molecule has 4 nitrogen and oxygen atoms in total. The van der Waals surface area contributed by atoms with Crippen molar-refractivity contribution >= 4 is 0 Å². The minimum absolute atomic E-state index is 0.323. The van der Waals surface area contributed by atoms with Crippen molar-refractivity contribution in [1.29, 1.82) is 0 Å². The van der Waals surface area contributed by atoms with Crippen molar-refractivity contribution in [2.24, 2.45) is 0 Å². The van der Waals surface area contributed by atoms with E-state index in [9.17, 15) is 5.11 Å². The van der Waals surface area contributed by atoms with Gasteiger partial charge in [0, 0.05) is 26.2 Å². The number of phenols is 1. The van der Waals surface area contributed by atoms with Gasteiger partial charge < -0.3 is 14.6 Å². The average molecular weight is 305 g/mol. The number of benzene rings is 1. The van der Waals surface area contributed by atoms with Crippen LogP contribution in [0.3, 0.4) is 0 Å². The van der Waals surface area contributed by atoms with Crippen molar-refractivity contribution in [3.8, 4) is 5.75 Å². The maximum Gasteiger partial charge on any atom is 0.115 e. The van der Waals surface area contributed by atoms with Gasteiger partial charge in [-0.05, 0) is 49.8 Å². The summed E-state index contributed by atoms with van der Waals surface area (Å²) in [5, 5.41) is 9.32. The number of nitrogens with zero attached hydrogens (tertiary/aromatic N) is 1. The van der Waals surface area contributed by atoms with Crippen molar-refractivity contribution in [3.05, 3.63) is 29.8 Å². The lowest BCUT2D eigenvalue weighted by Crippen LogP contribution is -2.38. The average Bonchev–Trinajstić information content (AvgIpc) is 2.57. The summed E-state index contributed by atoms with van der Waals surface area (Å²) in [5.41, 5.74) is 1.26. The number of phenolic OH excluding ortho intramolecular Hbond substituents is 1. The Kier molecular flexibility index (Phi) is 5.70. The third-order valence-electron chi connectivity index (χ3n) is 4.67. The summed E-state index contributed by atoms with van der Waals surface area (Å²) in [5.74, 6) is 0.334. The van der Waals surface area contributed by atoms with Crippen LogP contribution in [0.2, 0.25) is 0 Å². The lowest BCUT2D eigenvalue weighted by atomic mass is 10.1. The van der Waals surface area contributed by atoms with Crippen LogP contribution in [0, 0.1) is 0 Å². The standard InChI is InChI=1S/C18H27NO3/c20-16-6-4-15(5-7-16)13-19-10-8-17(9-11-19)22-14-18-3-1-2-12-21-18/h4-7,17-18,20H,1-3,8-14H2/t18-/m1/s1. The highest BCUT2D eigenvalue weighted by Crippen LogP contribution is 2.19. The zero-order valence-corrected chi connectivity index (χ0v) is 13.2. The smallest absolute Gasteiger partial charge is 0.115 e. The van der Waals surface area contributed by atoms with Crippen LogP contribution in [-0.2, 0) is 16.0 Å². The summed E-state index contributed by atoms with van der Waals surface area (Å²) in [4.78, 5) is 2.46. The van der Waals surface area contributed by atoms with Gasteiger partial charge in [-0.2, -0.15) is 0 Å². The molecule has 0 saturated carbocycles. The van der Waals surface area contributed by atoms with Gasteiger partial charge in [-0.1, -0.05) is 12.1 Å². The topological polar surface area (TPSA) is 41.9 Å². The molecule has 1 aromatic carbocycles. The first-order valence-electron chi connectivity index (χ1n) is 8.53. The van der Waals surface area contributed by atoms with Gasteiger partial charge in [-0.25, -0.2) is 0 Å². The van der Waals surface area contributed by atoms with Gasteiger partial charge in [0.15, 0.2) is 0 Å². The normalized spacial score (nSPS) is 24.5. The van der Waals surface area contributed by atoms with Crippen LogP contribution in [0.1, 0.15) is 37.7 Å². The molecule has 2 fully saturated rings. The number of hydrogen-bond donors (Lipinski definition) is 1. The molecule has 0 bridgehead atoms. The second kappa shape index (κ2) is 7.95. The zero-order valence-electron chi connectivity index (χ0n) is 13.2. The van der Waals surface area contributed by atoms with Crippen LogP contribution >= 0.6 is 0 Å². The highest BCUT2D eigenvalue weighted by molar-refractivity contribution is 5.25. The van der Waals surface area contributed by atoms with E-state index in [0.29, 0.717) is 18.0 Å². The summed E-state index contributed by atoms with van der Waals surface area (Å²) in [6, 6.07) is 7.52. The minimum atomic E-state index is 0.323. The van der Waals surface area contributed by atoms with Gasteiger partial charge in [-0.3, -0.25) is 4.90 Å². The fourth-order valence-electron chi connectivity index (χ4n) is 3.28. The molecule has 1 atom stereocenters. The number of hydrogen-bond acceptors (Lipinski definition) is 4. The van der Waals surface area contributed by atoms with E-state index in [2.05, 4.69) is 4.90 Å². The van der Waals surface area contributed by atoms with Crippen molar-refractivity contribution in [2.75, 3.05) is 26.3 Å². The first-order chi connectivity index (χ1) is 10.8. The Morgan fingerprint density at radius 1 is 1.09 bits per heavy atom. The second-order valence-electron chi connectivity index (χ2n) is 6.46. The maximum absolute atomic E-state index is 9.32. The molecule has 0 aliphatic carbocycles. The van der Waals surface area contributed by atoms with E-state index < -0.39 is 0 Å². The molecule has 2 heterocycles. The molecule has 1 aromatic rings. The van der Waals surface area contributed by atoms with Gasteiger partial charge in [0.2, 0.25) is 0 Å². The highest BCUT2D eigenvalue weighted by atomic mass is 16.5. The Labute approximate surface area is 133 Å². The quantitative estimate of drug-likeness (QED) is 0.908. The molecule has 0 aromatic heterocycles. The molecule has 0 unspecified atom stereocenters. The van der Waals surface area contributed by atoms with E-state index in [-0.39, 0.29) is 0 Å². The molecule has 2 saturated heterocycles. The van der Waals surface area contributed by atoms with Crippen LogP contribution < -0.4 is 0 Å². The Balaban J connectivity index is 1.36. The third kappa shape index (κ3) is 4.70. The minimum Gasteiger partial charge on any atom is -0.508 e. The lowest BCUT2D eigenvalue weighted by Gasteiger charge is -2.33. The second-order valence-corrected chi connectivity index (χ2v) is 6.46. The molecule has 2 aliphatic heterocycles. The monoisotopic (exact) mass is 305 g/mol. The van der Waals surface area contributed by atoms with Crippen LogP contribution in [-0.4, -0.2) is 48.5 Å². The Morgan fingerprint density at radius 3 is 2.55 bits per heavy atom. The van der Waals surface area contributed by atoms with Gasteiger partial charge in [0.05, 0.1) is 18.8 Å². The summed E-state index contributed by atoms with van der Waals surface area (Å²) in [6.07, 6.45) is 6.55. The number of piperidine rings is 1. The molecular weight excluding hydrogens is 278 g/mol. The zero-order chi connectivity index (χ0) is 15.2. The first-order valence-corrected chi connectivity index (χ1v) is 8.53. The molecule has 0 radical (unpaired) electrons. The number of ether oxygens (including phenoxy) is 2. The predicted octanol–water partition coefficient (Wildman–Crippen LogP) is 2.94. The molecule has 0 spiro atoms. The van der Waals surface area contributed by atoms with E-state index >= 15 is 0 Å². The summed E-state index contributed by atoms with van der Waals surface area (Å²) in [7, 11) is 0. The van der Waals surface area contributed by atoms with E-state index in [1.54, 1.807) is 12.1 Å². The number of rotatable bonds is 5.